The summed E-state index contributed by atoms with van der Waals surface area (Å²) < 4.78 is 1.01. The van der Waals surface area contributed by atoms with Crippen LogP contribution >= 0.6 is 15.9 Å². The van der Waals surface area contributed by atoms with Gasteiger partial charge in [-0.2, -0.15) is 0 Å². The Morgan fingerprint density at radius 1 is 0.962 bits per heavy atom. The number of rotatable bonds is 3. The fraction of sp³-hybridized carbons (Fsp3) is 0.136. The standard InChI is InChI=1S/C22H19BrN2O/c23-18-11-12-20-19(13-18)22(17-9-5-2-6-10-17)25(15-21(26)24-20)14-16-7-3-1-4-8-16/h1-13,22H,14-15H2,(H,24,26)/t22-/m1/s1. The third-order valence-electron chi connectivity index (χ3n) is 4.64. The van der Waals surface area contributed by atoms with Gasteiger partial charge in [0.2, 0.25) is 5.91 Å². The maximum Gasteiger partial charge on any atom is 0.238 e. The molecule has 0 aliphatic carbocycles. The molecule has 0 aromatic heterocycles. The molecule has 3 aromatic rings. The average Bonchev–Trinajstić information content (AvgIpc) is 2.78. The van der Waals surface area contributed by atoms with Gasteiger partial charge in [-0.15, -0.1) is 0 Å². The number of benzene rings is 3. The summed E-state index contributed by atoms with van der Waals surface area (Å²) in [5.74, 6) is 0.0166. The number of amides is 1. The number of carbonyl (C=O) groups excluding carboxylic acids is 1. The van der Waals surface area contributed by atoms with E-state index in [1.165, 1.54) is 11.1 Å². The molecule has 130 valence electrons. The number of hydrogen-bond donors (Lipinski definition) is 1. The van der Waals surface area contributed by atoms with Crippen LogP contribution in [0.25, 0.3) is 0 Å². The third-order valence-corrected chi connectivity index (χ3v) is 5.13. The Bertz CT molecular complexity index is 912. The number of halogens is 1. The zero-order chi connectivity index (χ0) is 17.9. The molecule has 26 heavy (non-hydrogen) atoms. The van der Waals surface area contributed by atoms with Crippen LogP contribution in [0.2, 0.25) is 0 Å². The molecule has 1 N–H and O–H groups in total. The monoisotopic (exact) mass is 406 g/mol. The van der Waals surface area contributed by atoms with Gasteiger partial charge in [-0.25, -0.2) is 0 Å². The van der Waals surface area contributed by atoms with Gasteiger partial charge in [-0.1, -0.05) is 76.6 Å². The predicted molar refractivity (Wildman–Crippen MR) is 108 cm³/mol. The van der Waals surface area contributed by atoms with Gasteiger partial charge in [0, 0.05) is 16.7 Å². The highest BCUT2D eigenvalue weighted by atomic mass is 79.9. The molecule has 1 atom stereocenters. The molecule has 1 aliphatic rings. The minimum absolute atomic E-state index is 0.00264. The second-order valence-corrected chi connectivity index (χ2v) is 7.40. The Kier molecular flexibility index (Phi) is 4.87. The molecule has 1 amide bonds. The van der Waals surface area contributed by atoms with Gasteiger partial charge in [0.25, 0.3) is 0 Å². The Morgan fingerprint density at radius 2 is 1.65 bits per heavy atom. The molecule has 0 spiro atoms. The summed E-state index contributed by atoms with van der Waals surface area (Å²) >= 11 is 3.59. The van der Waals surface area contributed by atoms with Crippen molar-refractivity contribution in [2.24, 2.45) is 0 Å². The number of fused-ring (bicyclic) bond motifs is 1. The van der Waals surface area contributed by atoms with Crippen molar-refractivity contribution in [3.05, 3.63) is 100 Å². The molecule has 0 saturated heterocycles. The summed E-state index contributed by atoms with van der Waals surface area (Å²) in [7, 11) is 0. The molecule has 0 fully saturated rings. The van der Waals surface area contributed by atoms with Crippen molar-refractivity contribution in [2.45, 2.75) is 12.6 Å². The summed E-state index contributed by atoms with van der Waals surface area (Å²) in [5.41, 5.74) is 4.36. The van der Waals surface area contributed by atoms with Crippen molar-refractivity contribution in [3.8, 4) is 0 Å². The maximum absolute atomic E-state index is 12.5. The molecule has 0 radical (unpaired) electrons. The summed E-state index contributed by atoms with van der Waals surface area (Å²) in [6.07, 6.45) is 0. The van der Waals surface area contributed by atoms with E-state index in [9.17, 15) is 4.79 Å². The molecule has 4 rings (SSSR count). The van der Waals surface area contributed by atoms with Crippen LogP contribution in [-0.4, -0.2) is 17.4 Å². The fourth-order valence-corrected chi connectivity index (χ4v) is 3.91. The highest BCUT2D eigenvalue weighted by Gasteiger charge is 2.30. The Hall–Kier alpha value is -2.43. The second-order valence-electron chi connectivity index (χ2n) is 6.48. The van der Waals surface area contributed by atoms with Crippen LogP contribution < -0.4 is 5.32 Å². The highest BCUT2D eigenvalue weighted by molar-refractivity contribution is 9.10. The molecule has 3 aromatic carbocycles. The van der Waals surface area contributed by atoms with Crippen molar-refractivity contribution in [1.82, 2.24) is 4.90 Å². The number of hydrogen-bond acceptors (Lipinski definition) is 2. The summed E-state index contributed by atoms with van der Waals surface area (Å²) in [5, 5.41) is 3.06. The van der Waals surface area contributed by atoms with Crippen molar-refractivity contribution in [2.75, 3.05) is 11.9 Å². The van der Waals surface area contributed by atoms with Gasteiger partial charge in [0.1, 0.15) is 0 Å². The lowest BCUT2D eigenvalue weighted by Gasteiger charge is -2.30. The number of nitrogens with zero attached hydrogens (tertiary/aromatic N) is 1. The zero-order valence-electron chi connectivity index (χ0n) is 14.2. The zero-order valence-corrected chi connectivity index (χ0v) is 15.8. The fourth-order valence-electron chi connectivity index (χ4n) is 3.53. The predicted octanol–water partition coefficient (Wildman–Crippen LogP) is 4.99. The lowest BCUT2D eigenvalue weighted by atomic mass is 9.95. The van der Waals surface area contributed by atoms with Crippen LogP contribution in [-0.2, 0) is 11.3 Å². The van der Waals surface area contributed by atoms with E-state index in [0.29, 0.717) is 13.1 Å². The molecule has 0 unspecified atom stereocenters. The smallest absolute Gasteiger partial charge is 0.238 e. The minimum atomic E-state index is 0.00264. The van der Waals surface area contributed by atoms with Gasteiger partial charge in [0.15, 0.2) is 0 Å². The van der Waals surface area contributed by atoms with E-state index in [0.717, 1.165) is 15.7 Å². The topological polar surface area (TPSA) is 32.3 Å². The highest BCUT2D eigenvalue weighted by Crippen LogP contribution is 2.37. The molecule has 3 nitrogen and oxygen atoms in total. The van der Waals surface area contributed by atoms with Crippen LogP contribution in [0.5, 0.6) is 0 Å². The SMILES string of the molecule is O=C1CN(Cc2ccccc2)[C@H](c2ccccc2)c2cc(Br)ccc2N1. The Balaban J connectivity index is 1.83. The largest absolute Gasteiger partial charge is 0.325 e. The second kappa shape index (κ2) is 7.44. The van der Waals surface area contributed by atoms with Crippen LogP contribution in [0.15, 0.2) is 83.3 Å². The minimum Gasteiger partial charge on any atom is -0.325 e. The van der Waals surface area contributed by atoms with Gasteiger partial charge in [-0.05, 0) is 34.9 Å². The Labute approximate surface area is 161 Å². The van der Waals surface area contributed by atoms with Crippen molar-refractivity contribution < 1.29 is 4.79 Å². The first-order valence-electron chi connectivity index (χ1n) is 8.63. The van der Waals surface area contributed by atoms with Crippen LogP contribution in [0.1, 0.15) is 22.7 Å². The molecule has 4 heteroatoms. The first-order valence-corrected chi connectivity index (χ1v) is 9.42. The van der Waals surface area contributed by atoms with Crippen LogP contribution in [0.4, 0.5) is 5.69 Å². The quantitative estimate of drug-likeness (QED) is 0.663. The normalized spacial score (nSPS) is 17.3. The number of nitrogens with one attached hydrogen (secondary N) is 1. The van der Waals surface area contributed by atoms with E-state index in [1.807, 2.05) is 48.5 Å². The summed E-state index contributed by atoms with van der Waals surface area (Å²) in [6, 6.07) is 26.7. The average molecular weight is 407 g/mol. The van der Waals surface area contributed by atoms with Gasteiger partial charge >= 0.3 is 0 Å². The van der Waals surface area contributed by atoms with Crippen LogP contribution in [0, 0.1) is 0 Å². The first kappa shape index (κ1) is 17.0. The van der Waals surface area contributed by atoms with E-state index in [2.05, 4.69) is 56.5 Å². The number of anilines is 1. The van der Waals surface area contributed by atoms with Crippen molar-refractivity contribution in [3.63, 3.8) is 0 Å². The maximum atomic E-state index is 12.5. The lowest BCUT2D eigenvalue weighted by Crippen LogP contribution is -2.33. The molecule has 0 saturated carbocycles. The number of carbonyl (C=O) groups is 1. The summed E-state index contributed by atoms with van der Waals surface area (Å²) in [6.45, 7) is 1.06. The van der Waals surface area contributed by atoms with E-state index in [-0.39, 0.29) is 11.9 Å². The van der Waals surface area contributed by atoms with Crippen LogP contribution in [0.3, 0.4) is 0 Å². The molecular weight excluding hydrogens is 388 g/mol. The van der Waals surface area contributed by atoms with E-state index < -0.39 is 0 Å². The molecule has 0 bridgehead atoms. The first-order chi connectivity index (χ1) is 12.7. The van der Waals surface area contributed by atoms with Crippen molar-refractivity contribution in [1.29, 1.82) is 0 Å². The van der Waals surface area contributed by atoms with E-state index in [1.54, 1.807) is 0 Å². The van der Waals surface area contributed by atoms with Gasteiger partial charge in [-0.3, -0.25) is 9.69 Å². The molecule has 1 heterocycles. The van der Waals surface area contributed by atoms with Gasteiger partial charge in [0.05, 0.1) is 12.6 Å². The molecular formula is C22H19BrN2O. The molecule has 1 aliphatic heterocycles. The lowest BCUT2D eigenvalue weighted by molar-refractivity contribution is -0.117. The van der Waals surface area contributed by atoms with E-state index >= 15 is 0 Å². The Morgan fingerprint density at radius 3 is 2.38 bits per heavy atom. The van der Waals surface area contributed by atoms with Gasteiger partial charge < -0.3 is 5.32 Å². The van der Waals surface area contributed by atoms with Crippen molar-refractivity contribution >= 4 is 27.5 Å². The summed E-state index contributed by atoms with van der Waals surface area (Å²) in [4.78, 5) is 14.8. The third kappa shape index (κ3) is 3.57. The van der Waals surface area contributed by atoms with E-state index in [4.69, 9.17) is 0 Å².